The van der Waals surface area contributed by atoms with Crippen molar-refractivity contribution in [2.24, 2.45) is 0 Å². The van der Waals surface area contributed by atoms with Crippen LogP contribution in [0.3, 0.4) is 0 Å². The van der Waals surface area contributed by atoms with Gasteiger partial charge in [-0.3, -0.25) is 4.90 Å². The third kappa shape index (κ3) is 3.15. The molecule has 2 fully saturated rings. The minimum absolute atomic E-state index is 0.750. The Morgan fingerprint density at radius 3 is 2.90 bits per heavy atom. The van der Waals surface area contributed by atoms with E-state index in [1.165, 1.54) is 44.5 Å². The molecule has 0 aliphatic carbocycles. The summed E-state index contributed by atoms with van der Waals surface area (Å²) in [5, 5.41) is 3.79. The SMILES string of the molecule is CN(CCCNC1CCN2CCCC12)c1ccccc1. The average molecular weight is 273 g/mol. The van der Waals surface area contributed by atoms with Gasteiger partial charge in [0, 0.05) is 37.9 Å². The van der Waals surface area contributed by atoms with Gasteiger partial charge in [0.2, 0.25) is 0 Å². The number of nitrogens with zero attached hydrogens (tertiary/aromatic N) is 2. The second-order valence-corrected chi connectivity index (χ2v) is 6.21. The maximum absolute atomic E-state index is 3.79. The smallest absolute Gasteiger partial charge is 0.0363 e. The molecule has 1 aromatic rings. The zero-order chi connectivity index (χ0) is 13.8. The summed E-state index contributed by atoms with van der Waals surface area (Å²) in [6.07, 6.45) is 5.37. The lowest BCUT2D eigenvalue weighted by atomic mass is 10.1. The lowest BCUT2D eigenvalue weighted by molar-refractivity contribution is 0.299. The minimum Gasteiger partial charge on any atom is -0.375 e. The molecule has 2 unspecified atom stereocenters. The molecule has 3 heteroatoms. The van der Waals surface area contributed by atoms with E-state index in [0.717, 1.165) is 25.2 Å². The molecular formula is C17H27N3. The van der Waals surface area contributed by atoms with Crippen molar-refractivity contribution in [3.63, 3.8) is 0 Å². The van der Waals surface area contributed by atoms with Crippen LogP contribution in [0.2, 0.25) is 0 Å². The minimum atomic E-state index is 0.750. The van der Waals surface area contributed by atoms with Crippen molar-refractivity contribution in [3.05, 3.63) is 30.3 Å². The van der Waals surface area contributed by atoms with Crippen LogP contribution in [0.25, 0.3) is 0 Å². The predicted molar refractivity (Wildman–Crippen MR) is 85.3 cm³/mol. The fourth-order valence-corrected chi connectivity index (χ4v) is 3.74. The molecule has 0 amide bonds. The summed E-state index contributed by atoms with van der Waals surface area (Å²) in [6, 6.07) is 12.2. The molecule has 1 N–H and O–H groups in total. The van der Waals surface area contributed by atoms with Crippen LogP contribution in [-0.4, -0.2) is 50.2 Å². The zero-order valence-corrected chi connectivity index (χ0v) is 12.6. The first-order valence-corrected chi connectivity index (χ1v) is 8.08. The van der Waals surface area contributed by atoms with Gasteiger partial charge in [-0.15, -0.1) is 0 Å². The fraction of sp³-hybridized carbons (Fsp3) is 0.647. The molecule has 20 heavy (non-hydrogen) atoms. The van der Waals surface area contributed by atoms with Crippen molar-refractivity contribution in [1.29, 1.82) is 0 Å². The number of hydrogen-bond acceptors (Lipinski definition) is 3. The summed E-state index contributed by atoms with van der Waals surface area (Å²) in [6.45, 7) is 4.91. The Kier molecular flexibility index (Phi) is 4.58. The lowest BCUT2D eigenvalue weighted by Gasteiger charge is -2.23. The topological polar surface area (TPSA) is 18.5 Å². The van der Waals surface area contributed by atoms with E-state index in [0.29, 0.717) is 0 Å². The normalized spacial score (nSPS) is 25.9. The highest BCUT2D eigenvalue weighted by Gasteiger charge is 2.36. The highest BCUT2D eigenvalue weighted by molar-refractivity contribution is 5.44. The van der Waals surface area contributed by atoms with Gasteiger partial charge < -0.3 is 10.2 Å². The molecule has 0 aromatic heterocycles. The molecule has 2 saturated heterocycles. The molecule has 110 valence electrons. The van der Waals surface area contributed by atoms with E-state index < -0.39 is 0 Å². The Bertz CT molecular complexity index is 406. The van der Waals surface area contributed by atoms with Crippen LogP contribution in [0, 0.1) is 0 Å². The van der Waals surface area contributed by atoms with Crippen LogP contribution in [0.5, 0.6) is 0 Å². The van der Waals surface area contributed by atoms with Gasteiger partial charge in [-0.05, 0) is 50.9 Å². The van der Waals surface area contributed by atoms with Crippen molar-refractivity contribution >= 4 is 5.69 Å². The third-order valence-electron chi connectivity index (χ3n) is 4.88. The quantitative estimate of drug-likeness (QED) is 0.803. The number of hydrogen-bond donors (Lipinski definition) is 1. The molecule has 0 spiro atoms. The van der Waals surface area contributed by atoms with Gasteiger partial charge in [0.1, 0.15) is 0 Å². The van der Waals surface area contributed by atoms with E-state index >= 15 is 0 Å². The van der Waals surface area contributed by atoms with E-state index in [1.54, 1.807) is 0 Å². The maximum atomic E-state index is 3.79. The molecule has 0 bridgehead atoms. The highest BCUT2D eigenvalue weighted by Crippen LogP contribution is 2.27. The number of benzene rings is 1. The highest BCUT2D eigenvalue weighted by atomic mass is 15.2. The second kappa shape index (κ2) is 6.59. The van der Waals surface area contributed by atoms with Crippen LogP contribution in [0.1, 0.15) is 25.7 Å². The zero-order valence-electron chi connectivity index (χ0n) is 12.6. The van der Waals surface area contributed by atoms with Crippen molar-refractivity contribution in [3.8, 4) is 0 Å². The molecule has 1 aromatic carbocycles. The Labute approximate surface area is 123 Å². The number of nitrogens with one attached hydrogen (secondary N) is 1. The van der Waals surface area contributed by atoms with Crippen LogP contribution >= 0.6 is 0 Å². The van der Waals surface area contributed by atoms with E-state index in [4.69, 9.17) is 0 Å². The van der Waals surface area contributed by atoms with Gasteiger partial charge >= 0.3 is 0 Å². The predicted octanol–water partition coefficient (Wildman–Crippen LogP) is 2.34. The van der Waals surface area contributed by atoms with Crippen molar-refractivity contribution in [2.75, 3.05) is 38.1 Å². The van der Waals surface area contributed by atoms with Crippen LogP contribution < -0.4 is 10.2 Å². The molecule has 2 heterocycles. The molecule has 2 aliphatic heterocycles. The molecule has 3 rings (SSSR count). The Balaban J connectivity index is 1.36. The van der Waals surface area contributed by atoms with Crippen molar-refractivity contribution in [1.82, 2.24) is 10.2 Å². The monoisotopic (exact) mass is 273 g/mol. The van der Waals surface area contributed by atoms with Crippen molar-refractivity contribution in [2.45, 2.75) is 37.8 Å². The Hall–Kier alpha value is -1.06. The number of anilines is 1. The largest absolute Gasteiger partial charge is 0.375 e. The molecule has 0 saturated carbocycles. The molecule has 2 aliphatic rings. The summed E-state index contributed by atoms with van der Waals surface area (Å²) >= 11 is 0. The first-order chi connectivity index (χ1) is 9.84. The number of rotatable bonds is 6. The number of fused-ring (bicyclic) bond motifs is 1. The molecule has 2 atom stereocenters. The van der Waals surface area contributed by atoms with E-state index in [-0.39, 0.29) is 0 Å². The average Bonchev–Trinajstić information content (AvgIpc) is 3.08. The summed E-state index contributed by atoms with van der Waals surface area (Å²) in [5.74, 6) is 0. The standard InChI is InChI=1S/C17H27N3/c1-19(15-7-3-2-4-8-15)12-6-11-18-16-10-14-20-13-5-9-17(16)20/h2-4,7-8,16-18H,5-6,9-14H2,1H3. The second-order valence-electron chi connectivity index (χ2n) is 6.21. The Morgan fingerprint density at radius 2 is 2.05 bits per heavy atom. The summed E-state index contributed by atoms with van der Waals surface area (Å²) < 4.78 is 0. The van der Waals surface area contributed by atoms with E-state index in [2.05, 4.69) is 52.5 Å². The maximum Gasteiger partial charge on any atom is 0.0363 e. The van der Waals surface area contributed by atoms with Gasteiger partial charge in [0.25, 0.3) is 0 Å². The third-order valence-corrected chi connectivity index (χ3v) is 4.88. The molecule has 0 radical (unpaired) electrons. The molecule has 3 nitrogen and oxygen atoms in total. The van der Waals surface area contributed by atoms with Gasteiger partial charge in [0.05, 0.1) is 0 Å². The summed E-state index contributed by atoms with van der Waals surface area (Å²) in [7, 11) is 2.18. The first-order valence-electron chi connectivity index (χ1n) is 8.08. The van der Waals surface area contributed by atoms with Gasteiger partial charge in [-0.1, -0.05) is 18.2 Å². The fourth-order valence-electron chi connectivity index (χ4n) is 3.74. The van der Waals surface area contributed by atoms with Crippen LogP contribution in [-0.2, 0) is 0 Å². The summed E-state index contributed by atoms with van der Waals surface area (Å²) in [5.41, 5.74) is 1.32. The van der Waals surface area contributed by atoms with Gasteiger partial charge in [-0.2, -0.15) is 0 Å². The van der Waals surface area contributed by atoms with Gasteiger partial charge in [-0.25, -0.2) is 0 Å². The van der Waals surface area contributed by atoms with Crippen LogP contribution in [0.4, 0.5) is 5.69 Å². The number of para-hydroxylation sites is 1. The molecular weight excluding hydrogens is 246 g/mol. The van der Waals surface area contributed by atoms with E-state index in [1.807, 2.05) is 0 Å². The van der Waals surface area contributed by atoms with Gasteiger partial charge in [0.15, 0.2) is 0 Å². The first kappa shape index (κ1) is 13.9. The van der Waals surface area contributed by atoms with E-state index in [9.17, 15) is 0 Å². The Morgan fingerprint density at radius 1 is 1.20 bits per heavy atom. The van der Waals surface area contributed by atoms with Crippen LogP contribution in [0.15, 0.2) is 30.3 Å². The lowest BCUT2D eigenvalue weighted by Crippen LogP contribution is -2.40. The summed E-state index contributed by atoms with van der Waals surface area (Å²) in [4.78, 5) is 5.02. The van der Waals surface area contributed by atoms with Crippen molar-refractivity contribution < 1.29 is 0 Å².